The molecule has 3 aromatic rings. The van der Waals surface area contributed by atoms with Crippen LogP contribution in [0.5, 0.6) is 0 Å². The van der Waals surface area contributed by atoms with Crippen LogP contribution in [0.3, 0.4) is 0 Å². The lowest BCUT2D eigenvalue weighted by atomic mass is 10.0. The number of aryl methyl sites for hydroxylation is 1. The standard InChI is InChI=1S/C23H25N3O3S/c1-17-13-14-19(15-22(17)30(28,29)26(2)3)25-23(27)16-24-21-12-8-7-11-20(21)18-9-5-4-6-10-18/h4-15,24H,16H2,1-3H3,(H,25,27). The van der Waals surface area contributed by atoms with Gasteiger partial charge in [-0.25, -0.2) is 12.7 Å². The maximum atomic E-state index is 12.5. The molecule has 7 heteroatoms. The van der Waals surface area contributed by atoms with Crippen molar-refractivity contribution in [3.05, 3.63) is 78.4 Å². The van der Waals surface area contributed by atoms with Crippen LogP contribution in [0, 0.1) is 6.92 Å². The predicted molar refractivity (Wildman–Crippen MR) is 121 cm³/mol. The Morgan fingerprint density at radius 1 is 0.933 bits per heavy atom. The summed E-state index contributed by atoms with van der Waals surface area (Å²) in [5.74, 6) is -0.269. The van der Waals surface area contributed by atoms with Gasteiger partial charge in [0.05, 0.1) is 11.4 Å². The van der Waals surface area contributed by atoms with Crippen LogP contribution in [-0.4, -0.2) is 39.3 Å². The molecule has 0 fully saturated rings. The Morgan fingerprint density at radius 2 is 1.60 bits per heavy atom. The van der Waals surface area contributed by atoms with E-state index in [1.54, 1.807) is 19.1 Å². The number of hydrogen-bond acceptors (Lipinski definition) is 4. The van der Waals surface area contributed by atoms with E-state index < -0.39 is 10.0 Å². The second-order valence-corrected chi connectivity index (χ2v) is 9.20. The van der Waals surface area contributed by atoms with Gasteiger partial charge in [0.25, 0.3) is 0 Å². The Kier molecular flexibility index (Phi) is 6.54. The molecular formula is C23H25N3O3S. The highest BCUT2D eigenvalue weighted by atomic mass is 32.2. The van der Waals surface area contributed by atoms with Gasteiger partial charge in [0.2, 0.25) is 15.9 Å². The summed E-state index contributed by atoms with van der Waals surface area (Å²) in [5.41, 5.74) is 3.96. The molecule has 0 unspecified atom stereocenters. The largest absolute Gasteiger partial charge is 0.376 e. The van der Waals surface area contributed by atoms with Gasteiger partial charge < -0.3 is 10.6 Å². The van der Waals surface area contributed by atoms with E-state index >= 15 is 0 Å². The maximum Gasteiger partial charge on any atom is 0.243 e. The number of nitrogens with zero attached hydrogens (tertiary/aromatic N) is 1. The summed E-state index contributed by atoms with van der Waals surface area (Å²) in [6.45, 7) is 1.78. The molecule has 6 nitrogen and oxygen atoms in total. The zero-order valence-corrected chi connectivity index (χ0v) is 18.0. The van der Waals surface area contributed by atoms with Crippen LogP contribution in [-0.2, 0) is 14.8 Å². The third-order valence-corrected chi connectivity index (χ3v) is 6.64. The molecule has 3 rings (SSSR count). The number of rotatable bonds is 7. The number of carbonyl (C=O) groups is 1. The van der Waals surface area contributed by atoms with Gasteiger partial charge in [0.1, 0.15) is 0 Å². The van der Waals surface area contributed by atoms with Crippen LogP contribution >= 0.6 is 0 Å². The van der Waals surface area contributed by atoms with Crippen molar-refractivity contribution in [1.82, 2.24) is 4.31 Å². The van der Waals surface area contributed by atoms with E-state index in [4.69, 9.17) is 0 Å². The minimum atomic E-state index is -3.59. The number of carbonyl (C=O) groups excluding carboxylic acids is 1. The molecule has 2 N–H and O–H groups in total. The van der Waals surface area contributed by atoms with Crippen LogP contribution in [0.25, 0.3) is 11.1 Å². The predicted octanol–water partition coefficient (Wildman–Crippen LogP) is 3.96. The van der Waals surface area contributed by atoms with Gasteiger partial charge in [0.15, 0.2) is 0 Å². The number of hydrogen-bond donors (Lipinski definition) is 2. The van der Waals surface area contributed by atoms with E-state index in [0.717, 1.165) is 21.1 Å². The lowest BCUT2D eigenvalue weighted by Crippen LogP contribution is -2.24. The molecule has 0 aliphatic rings. The average Bonchev–Trinajstić information content (AvgIpc) is 2.74. The van der Waals surface area contributed by atoms with Crippen LogP contribution in [0.1, 0.15) is 5.56 Å². The topological polar surface area (TPSA) is 78.5 Å². The fourth-order valence-corrected chi connectivity index (χ4v) is 4.18. The van der Waals surface area contributed by atoms with Crippen molar-refractivity contribution in [2.75, 3.05) is 31.3 Å². The maximum absolute atomic E-state index is 12.5. The zero-order chi connectivity index (χ0) is 21.7. The molecule has 30 heavy (non-hydrogen) atoms. The third-order valence-electron chi connectivity index (χ3n) is 4.68. The summed E-state index contributed by atoms with van der Waals surface area (Å²) >= 11 is 0. The first kappa shape index (κ1) is 21.5. The normalized spacial score (nSPS) is 11.3. The van der Waals surface area contributed by atoms with Crippen molar-refractivity contribution in [3.63, 3.8) is 0 Å². The first-order valence-electron chi connectivity index (χ1n) is 9.50. The van der Waals surface area contributed by atoms with Gasteiger partial charge in [-0.2, -0.15) is 0 Å². The van der Waals surface area contributed by atoms with Crippen molar-refractivity contribution in [2.45, 2.75) is 11.8 Å². The van der Waals surface area contributed by atoms with Crippen molar-refractivity contribution >= 4 is 27.3 Å². The summed E-state index contributed by atoms with van der Waals surface area (Å²) in [7, 11) is -0.630. The summed E-state index contributed by atoms with van der Waals surface area (Å²) < 4.78 is 26.1. The molecule has 0 aliphatic heterocycles. The van der Waals surface area contributed by atoms with Crippen molar-refractivity contribution in [1.29, 1.82) is 0 Å². The van der Waals surface area contributed by atoms with E-state index in [-0.39, 0.29) is 17.3 Å². The molecule has 0 atom stereocenters. The first-order valence-corrected chi connectivity index (χ1v) is 10.9. The van der Waals surface area contributed by atoms with Gasteiger partial charge >= 0.3 is 0 Å². The molecule has 0 saturated heterocycles. The van der Waals surface area contributed by atoms with Crippen LogP contribution < -0.4 is 10.6 Å². The summed E-state index contributed by atoms with van der Waals surface area (Å²) in [4.78, 5) is 12.7. The molecule has 0 aliphatic carbocycles. The lowest BCUT2D eigenvalue weighted by molar-refractivity contribution is -0.114. The Morgan fingerprint density at radius 3 is 2.30 bits per heavy atom. The highest BCUT2D eigenvalue weighted by Gasteiger charge is 2.20. The van der Waals surface area contributed by atoms with Gasteiger partial charge in [-0.15, -0.1) is 0 Å². The van der Waals surface area contributed by atoms with E-state index in [1.807, 2.05) is 54.6 Å². The highest BCUT2D eigenvalue weighted by molar-refractivity contribution is 7.89. The molecule has 1 amide bonds. The SMILES string of the molecule is Cc1ccc(NC(=O)CNc2ccccc2-c2ccccc2)cc1S(=O)(=O)N(C)C. The molecule has 0 saturated carbocycles. The van der Waals surface area contributed by atoms with Gasteiger partial charge in [-0.1, -0.05) is 54.6 Å². The van der Waals surface area contributed by atoms with E-state index in [0.29, 0.717) is 11.3 Å². The summed E-state index contributed by atoms with van der Waals surface area (Å²) in [5, 5.41) is 5.93. The minimum Gasteiger partial charge on any atom is -0.376 e. The molecule has 3 aromatic carbocycles. The van der Waals surface area contributed by atoms with Gasteiger partial charge in [-0.3, -0.25) is 4.79 Å². The number of benzene rings is 3. The number of amides is 1. The van der Waals surface area contributed by atoms with E-state index in [9.17, 15) is 13.2 Å². The molecule has 0 radical (unpaired) electrons. The number of anilines is 2. The molecule has 0 heterocycles. The molecule has 0 aromatic heterocycles. The fraction of sp³-hybridized carbons (Fsp3) is 0.174. The summed E-state index contributed by atoms with van der Waals surface area (Å²) in [6, 6.07) is 22.6. The Hall–Kier alpha value is -3.16. The fourth-order valence-electron chi connectivity index (χ4n) is 3.04. The zero-order valence-electron chi connectivity index (χ0n) is 17.2. The monoisotopic (exact) mass is 423 g/mol. The average molecular weight is 424 g/mol. The Balaban J connectivity index is 1.73. The number of nitrogens with one attached hydrogen (secondary N) is 2. The molecule has 0 bridgehead atoms. The van der Waals surface area contributed by atoms with Gasteiger partial charge in [0, 0.05) is 31.0 Å². The smallest absolute Gasteiger partial charge is 0.243 e. The Bertz CT molecular complexity index is 1140. The quantitative estimate of drug-likeness (QED) is 0.603. The number of para-hydroxylation sites is 1. The summed E-state index contributed by atoms with van der Waals surface area (Å²) in [6.07, 6.45) is 0. The van der Waals surface area contributed by atoms with E-state index in [2.05, 4.69) is 10.6 Å². The molecular weight excluding hydrogens is 398 g/mol. The second kappa shape index (κ2) is 9.11. The number of sulfonamides is 1. The Labute approximate surface area is 177 Å². The third kappa shape index (κ3) is 4.87. The first-order chi connectivity index (χ1) is 14.3. The van der Waals surface area contributed by atoms with Crippen LogP contribution in [0.15, 0.2) is 77.7 Å². The van der Waals surface area contributed by atoms with E-state index in [1.165, 1.54) is 20.2 Å². The van der Waals surface area contributed by atoms with Crippen LogP contribution in [0.4, 0.5) is 11.4 Å². The minimum absolute atomic E-state index is 0.0491. The van der Waals surface area contributed by atoms with Crippen LogP contribution in [0.2, 0.25) is 0 Å². The molecule has 156 valence electrons. The van der Waals surface area contributed by atoms with Crippen molar-refractivity contribution in [3.8, 4) is 11.1 Å². The lowest BCUT2D eigenvalue weighted by Gasteiger charge is -2.15. The highest BCUT2D eigenvalue weighted by Crippen LogP contribution is 2.27. The van der Waals surface area contributed by atoms with Crippen molar-refractivity contribution in [2.24, 2.45) is 0 Å². The second-order valence-electron chi connectivity index (χ2n) is 7.08. The molecule has 0 spiro atoms. The van der Waals surface area contributed by atoms with Gasteiger partial charge in [-0.05, 0) is 36.2 Å². The van der Waals surface area contributed by atoms with Crippen molar-refractivity contribution < 1.29 is 13.2 Å².